The molecule has 2 nitrogen and oxygen atoms in total. The molecule has 1 aliphatic rings. The van der Waals surface area contributed by atoms with Gasteiger partial charge in [0.25, 0.3) is 0 Å². The predicted molar refractivity (Wildman–Crippen MR) is 83.9 cm³/mol. The molecular weight excluding hydrogens is 314 g/mol. The van der Waals surface area contributed by atoms with Crippen molar-refractivity contribution in [1.29, 1.82) is 0 Å². The molecule has 0 radical (unpaired) electrons. The van der Waals surface area contributed by atoms with Crippen LogP contribution in [-0.2, 0) is 9.98 Å². The van der Waals surface area contributed by atoms with Gasteiger partial charge in [-0.1, -0.05) is 44.2 Å². The maximum Gasteiger partial charge on any atom is 0.428 e. The second-order valence-electron chi connectivity index (χ2n) is 5.38. The monoisotopic (exact) mass is 326 g/mol. The van der Waals surface area contributed by atoms with Gasteiger partial charge in [-0.2, -0.15) is 0 Å². The zero-order chi connectivity index (χ0) is 14.5. The van der Waals surface area contributed by atoms with Gasteiger partial charge < -0.3 is 4.52 Å². The van der Waals surface area contributed by atoms with Crippen LogP contribution >= 0.6 is 28.6 Å². The molecule has 0 fully saturated rings. The molecule has 0 atom stereocenters. The average Bonchev–Trinajstić information content (AvgIpc) is 2.58. The zero-order valence-electron chi connectivity index (χ0n) is 11.1. The lowest BCUT2D eigenvalue weighted by molar-refractivity contribution is 0.512. The first-order valence-electron chi connectivity index (χ1n) is 6.22. The standard InChI is InChI=1S/C15H13Cl2O2P/c1-15(2)13-6-4-3-5-11(13)12-8-7-10(9-14(12)15)19-20(16,17)18/h3-9H,1-2H3. The Morgan fingerprint density at radius 3 is 2.35 bits per heavy atom. The highest BCUT2D eigenvalue weighted by molar-refractivity contribution is 8.05. The highest BCUT2D eigenvalue weighted by Crippen LogP contribution is 2.58. The molecule has 0 saturated carbocycles. The van der Waals surface area contributed by atoms with Gasteiger partial charge >= 0.3 is 6.07 Å². The molecule has 2 aromatic carbocycles. The van der Waals surface area contributed by atoms with Crippen LogP contribution in [0.5, 0.6) is 5.75 Å². The fraction of sp³-hybridized carbons (Fsp3) is 0.200. The normalized spacial score (nSPS) is 15.6. The third kappa shape index (κ3) is 2.26. The number of rotatable bonds is 2. The van der Waals surface area contributed by atoms with E-state index < -0.39 is 6.07 Å². The van der Waals surface area contributed by atoms with E-state index in [9.17, 15) is 4.57 Å². The van der Waals surface area contributed by atoms with Gasteiger partial charge in [-0.25, -0.2) is 4.57 Å². The second-order valence-corrected chi connectivity index (χ2v) is 9.58. The van der Waals surface area contributed by atoms with Crippen molar-refractivity contribution in [3.8, 4) is 16.9 Å². The van der Waals surface area contributed by atoms with Gasteiger partial charge in [0.15, 0.2) is 0 Å². The van der Waals surface area contributed by atoms with Crippen molar-refractivity contribution >= 4 is 28.6 Å². The first kappa shape index (κ1) is 14.0. The molecule has 0 unspecified atom stereocenters. The number of halogens is 2. The van der Waals surface area contributed by atoms with Crippen LogP contribution in [0.4, 0.5) is 0 Å². The summed E-state index contributed by atoms with van der Waals surface area (Å²) in [7, 11) is 0. The number of hydrogen-bond donors (Lipinski definition) is 0. The summed E-state index contributed by atoms with van der Waals surface area (Å²) < 4.78 is 16.5. The van der Waals surface area contributed by atoms with E-state index in [4.69, 9.17) is 27.0 Å². The summed E-state index contributed by atoms with van der Waals surface area (Å²) >= 11 is 11.0. The Morgan fingerprint density at radius 2 is 1.65 bits per heavy atom. The summed E-state index contributed by atoms with van der Waals surface area (Å²) in [4.78, 5) is 0. The van der Waals surface area contributed by atoms with Crippen molar-refractivity contribution < 1.29 is 9.09 Å². The molecule has 5 heteroatoms. The Kier molecular flexibility index (Phi) is 3.17. The largest absolute Gasteiger partial charge is 0.428 e. The van der Waals surface area contributed by atoms with Gasteiger partial charge in [-0.15, -0.1) is 0 Å². The van der Waals surface area contributed by atoms with E-state index in [0.29, 0.717) is 5.75 Å². The average molecular weight is 327 g/mol. The van der Waals surface area contributed by atoms with Gasteiger partial charge in [-0.3, -0.25) is 0 Å². The lowest BCUT2D eigenvalue weighted by Gasteiger charge is -2.21. The fourth-order valence-corrected chi connectivity index (χ4v) is 3.70. The molecule has 0 heterocycles. The lowest BCUT2D eigenvalue weighted by Crippen LogP contribution is -2.14. The summed E-state index contributed by atoms with van der Waals surface area (Å²) in [5, 5.41) is 0. The number of benzene rings is 2. The topological polar surface area (TPSA) is 26.3 Å². The van der Waals surface area contributed by atoms with E-state index in [2.05, 4.69) is 26.0 Å². The molecule has 0 amide bonds. The van der Waals surface area contributed by atoms with Gasteiger partial charge in [0.05, 0.1) is 0 Å². The molecule has 0 saturated heterocycles. The Bertz CT molecular complexity index is 734. The summed E-state index contributed by atoms with van der Waals surface area (Å²) in [5.41, 5.74) is 4.65. The van der Waals surface area contributed by atoms with Crippen molar-refractivity contribution in [2.24, 2.45) is 0 Å². The molecule has 0 bridgehead atoms. The number of fused-ring (bicyclic) bond motifs is 3. The van der Waals surface area contributed by atoms with Gasteiger partial charge in [0, 0.05) is 27.9 Å². The lowest BCUT2D eigenvalue weighted by atomic mass is 9.82. The van der Waals surface area contributed by atoms with Crippen molar-refractivity contribution in [2.75, 3.05) is 0 Å². The first-order chi connectivity index (χ1) is 9.29. The van der Waals surface area contributed by atoms with Crippen LogP contribution in [0.2, 0.25) is 0 Å². The summed E-state index contributed by atoms with van der Waals surface area (Å²) in [6, 6.07) is 13.9. The third-order valence-corrected chi connectivity index (χ3v) is 4.60. The highest BCUT2D eigenvalue weighted by atomic mass is 35.9. The van der Waals surface area contributed by atoms with Gasteiger partial charge in [0.2, 0.25) is 0 Å². The quantitative estimate of drug-likeness (QED) is 0.636. The molecule has 0 aromatic heterocycles. The van der Waals surface area contributed by atoms with Crippen LogP contribution in [0, 0.1) is 0 Å². The smallest absolute Gasteiger partial charge is 0.422 e. The van der Waals surface area contributed by atoms with E-state index in [1.165, 1.54) is 11.1 Å². The molecule has 1 aliphatic carbocycles. The predicted octanol–water partition coefficient (Wildman–Crippen LogP) is 5.96. The van der Waals surface area contributed by atoms with E-state index in [0.717, 1.165) is 11.1 Å². The molecule has 2 aromatic rings. The molecule has 0 spiro atoms. The summed E-state index contributed by atoms with van der Waals surface area (Å²) in [6.07, 6.45) is -3.58. The molecule has 20 heavy (non-hydrogen) atoms. The first-order valence-corrected chi connectivity index (χ1v) is 9.66. The van der Waals surface area contributed by atoms with Crippen molar-refractivity contribution in [1.82, 2.24) is 0 Å². The Morgan fingerprint density at radius 1 is 1.00 bits per heavy atom. The third-order valence-electron chi connectivity index (χ3n) is 3.77. The van der Waals surface area contributed by atoms with Gasteiger partial charge in [-0.05, 0) is 34.4 Å². The van der Waals surface area contributed by atoms with Crippen molar-refractivity contribution in [3.63, 3.8) is 0 Å². The maximum absolute atomic E-state index is 11.4. The fourth-order valence-electron chi connectivity index (χ4n) is 2.86. The van der Waals surface area contributed by atoms with Crippen molar-refractivity contribution in [3.05, 3.63) is 53.6 Å². The van der Waals surface area contributed by atoms with Crippen LogP contribution in [0.25, 0.3) is 11.1 Å². The second kappa shape index (κ2) is 4.53. The SMILES string of the molecule is CC1(C)c2ccccc2-c2ccc(OP(=O)(Cl)Cl)cc21. The van der Waals surface area contributed by atoms with E-state index in [-0.39, 0.29) is 5.41 Å². The minimum Gasteiger partial charge on any atom is -0.422 e. The Labute approximate surface area is 127 Å². The summed E-state index contributed by atoms with van der Waals surface area (Å²) in [5.74, 6) is 0.429. The molecule has 3 rings (SSSR count). The van der Waals surface area contributed by atoms with Crippen LogP contribution in [-0.4, -0.2) is 0 Å². The minimum atomic E-state index is -3.58. The van der Waals surface area contributed by atoms with E-state index >= 15 is 0 Å². The molecule has 104 valence electrons. The van der Waals surface area contributed by atoms with Crippen LogP contribution in [0.15, 0.2) is 42.5 Å². The Balaban J connectivity index is 2.15. The molecule has 0 N–H and O–H groups in total. The van der Waals surface area contributed by atoms with Crippen molar-refractivity contribution in [2.45, 2.75) is 19.3 Å². The van der Waals surface area contributed by atoms with E-state index in [1.807, 2.05) is 24.3 Å². The van der Waals surface area contributed by atoms with E-state index in [1.54, 1.807) is 6.07 Å². The van der Waals surface area contributed by atoms with Crippen LogP contribution in [0.3, 0.4) is 0 Å². The maximum atomic E-state index is 11.4. The molecule has 0 aliphatic heterocycles. The zero-order valence-corrected chi connectivity index (χ0v) is 13.5. The summed E-state index contributed by atoms with van der Waals surface area (Å²) in [6.45, 7) is 4.31. The van der Waals surface area contributed by atoms with Gasteiger partial charge in [0.1, 0.15) is 5.75 Å². The minimum absolute atomic E-state index is 0.131. The number of hydrogen-bond acceptors (Lipinski definition) is 2. The molecular formula is C15H13Cl2O2P. The Hall–Kier alpha value is -0.950. The highest BCUT2D eigenvalue weighted by Gasteiger charge is 2.35. The van der Waals surface area contributed by atoms with Crippen LogP contribution in [0.1, 0.15) is 25.0 Å². The van der Waals surface area contributed by atoms with Crippen LogP contribution < -0.4 is 4.52 Å².